The zero-order valence-corrected chi connectivity index (χ0v) is 22.2. The maximum absolute atomic E-state index is 14.6. The van der Waals surface area contributed by atoms with Gasteiger partial charge in [0.25, 0.3) is 0 Å². The van der Waals surface area contributed by atoms with E-state index in [1.807, 2.05) is 44.2 Å². The van der Waals surface area contributed by atoms with Crippen LogP contribution in [0.3, 0.4) is 0 Å². The van der Waals surface area contributed by atoms with Crippen molar-refractivity contribution in [2.24, 2.45) is 0 Å². The number of nitrogens with zero attached hydrogens (tertiary/aromatic N) is 2. The maximum atomic E-state index is 14.6. The number of hydrogen-bond donors (Lipinski definition) is 1. The number of hydrogen-bond acceptors (Lipinski definition) is 5. The first-order valence-electron chi connectivity index (χ1n) is 13.2. The minimum Gasteiger partial charge on any atom is -0.493 e. The molecule has 7 heteroatoms. The third kappa shape index (κ3) is 5.13. The number of benzene rings is 3. The lowest BCUT2D eigenvalue weighted by molar-refractivity contribution is -0.142. The highest BCUT2D eigenvalue weighted by Gasteiger charge is 2.39. The van der Waals surface area contributed by atoms with E-state index in [1.165, 1.54) is 6.07 Å². The molecule has 2 heterocycles. The van der Waals surface area contributed by atoms with Crippen LogP contribution in [0.4, 0.5) is 4.39 Å². The van der Waals surface area contributed by atoms with Crippen molar-refractivity contribution in [3.63, 3.8) is 0 Å². The Morgan fingerprint density at radius 3 is 2.50 bits per heavy atom. The van der Waals surface area contributed by atoms with Crippen molar-refractivity contribution < 1.29 is 23.8 Å². The van der Waals surface area contributed by atoms with Gasteiger partial charge in [-0.2, -0.15) is 0 Å². The van der Waals surface area contributed by atoms with Crippen LogP contribution in [-0.2, 0) is 30.7 Å². The third-order valence-corrected chi connectivity index (χ3v) is 7.56. The molecule has 1 unspecified atom stereocenters. The molecule has 1 N–H and O–H groups in total. The lowest BCUT2D eigenvalue weighted by atomic mass is 9.89. The fraction of sp³-hybridized carbons (Fsp3) is 0.387. The number of carbonyl (C=O) groups excluding carboxylic acids is 1. The fourth-order valence-electron chi connectivity index (χ4n) is 5.70. The molecule has 38 heavy (non-hydrogen) atoms. The number of rotatable bonds is 7. The van der Waals surface area contributed by atoms with Crippen LogP contribution in [0.2, 0.25) is 0 Å². The van der Waals surface area contributed by atoms with Gasteiger partial charge in [0, 0.05) is 25.2 Å². The highest BCUT2D eigenvalue weighted by Crippen LogP contribution is 2.39. The molecule has 2 atom stereocenters. The van der Waals surface area contributed by atoms with E-state index >= 15 is 0 Å². The van der Waals surface area contributed by atoms with Gasteiger partial charge in [0.2, 0.25) is 5.91 Å². The highest BCUT2D eigenvalue weighted by molar-refractivity contribution is 5.83. The normalized spacial score (nSPS) is 19.2. The predicted molar refractivity (Wildman–Crippen MR) is 144 cm³/mol. The monoisotopic (exact) mass is 518 g/mol. The van der Waals surface area contributed by atoms with Crippen LogP contribution in [0.25, 0.3) is 0 Å². The summed E-state index contributed by atoms with van der Waals surface area (Å²) in [5.74, 6) is 0.919. The van der Waals surface area contributed by atoms with Gasteiger partial charge in [0.1, 0.15) is 5.82 Å². The largest absolute Gasteiger partial charge is 0.493 e. The van der Waals surface area contributed by atoms with Crippen LogP contribution >= 0.6 is 0 Å². The van der Waals surface area contributed by atoms with E-state index in [9.17, 15) is 14.3 Å². The van der Waals surface area contributed by atoms with Crippen molar-refractivity contribution in [3.8, 4) is 11.5 Å². The minimum absolute atomic E-state index is 0.0508. The Labute approximate surface area is 223 Å². The van der Waals surface area contributed by atoms with Gasteiger partial charge < -0.3 is 19.5 Å². The summed E-state index contributed by atoms with van der Waals surface area (Å²) in [6.45, 7) is 5.06. The molecule has 0 aromatic heterocycles. The molecule has 1 amide bonds. The summed E-state index contributed by atoms with van der Waals surface area (Å²) < 4.78 is 26.2. The van der Waals surface area contributed by atoms with E-state index in [4.69, 9.17) is 9.47 Å². The summed E-state index contributed by atoms with van der Waals surface area (Å²) in [7, 11) is 1.61. The van der Waals surface area contributed by atoms with Crippen molar-refractivity contribution >= 4 is 5.91 Å². The second kappa shape index (κ2) is 11.1. The summed E-state index contributed by atoms with van der Waals surface area (Å²) in [5.41, 5.74) is 4.76. The molecule has 0 fully saturated rings. The van der Waals surface area contributed by atoms with E-state index in [2.05, 4.69) is 17.0 Å². The summed E-state index contributed by atoms with van der Waals surface area (Å²) in [4.78, 5) is 18.1. The first-order chi connectivity index (χ1) is 18.4. The summed E-state index contributed by atoms with van der Waals surface area (Å²) in [6.07, 6.45) is 1.13. The standard InChI is InChI=1S/C31H35FN2O4/c1-20(2)38-30-16-25-22(15-29(30)37-3)12-13-34(28(25)19-35)31(36)27-14-21-8-4-5-9-23(21)17-33(27)18-24-10-6-7-11-26(24)32/h4-11,15-16,20,27-28,35H,12-14,17-19H2,1-3H3/t27?,28-/m1/s1. The van der Waals surface area contributed by atoms with Gasteiger partial charge in [-0.05, 0) is 67.1 Å². The number of aliphatic hydroxyl groups is 1. The second-order valence-electron chi connectivity index (χ2n) is 10.3. The van der Waals surface area contributed by atoms with Crippen LogP contribution in [-0.4, -0.2) is 53.2 Å². The first-order valence-corrected chi connectivity index (χ1v) is 13.2. The first kappa shape index (κ1) is 26.2. The number of aliphatic hydroxyl groups excluding tert-OH is 1. The number of halogens is 1. The molecule has 0 saturated heterocycles. The fourth-order valence-corrected chi connectivity index (χ4v) is 5.70. The van der Waals surface area contributed by atoms with Crippen molar-refractivity contribution in [1.82, 2.24) is 9.80 Å². The van der Waals surface area contributed by atoms with Gasteiger partial charge in [-0.3, -0.25) is 9.69 Å². The Bertz CT molecular complexity index is 1310. The zero-order valence-electron chi connectivity index (χ0n) is 22.2. The second-order valence-corrected chi connectivity index (χ2v) is 10.3. The molecule has 2 aliphatic heterocycles. The Balaban J connectivity index is 1.48. The molecule has 0 saturated carbocycles. The molecule has 5 rings (SSSR count). The maximum Gasteiger partial charge on any atom is 0.240 e. The van der Waals surface area contributed by atoms with Crippen molar-refractivity contribution in [2.75, 3.05) is 20.3 Å². The number of carbonyl (C=O) groups is 1. The number of methoxy groups -OCH3 is 1. The Kier molecular flexibility index (Phi) is 7.68. The molecule has 0 aliphatic carbocycles. The lowest BCUT2D eigenvalue weighted by Crippen LogP contribution is -2.54. The van der Waals surface area contributed by atoms with E-state index in [-0.39, 0.29) is 24.4 Å². The Hall–Kier alpha value is -3.42. The third-order valence-electron chi connectivity index (χ3n) is 7.56. The quantitative estimate of drug-likeness (QED) is 0.493. The number of fused-ring (bicyclic) bond motifs is 2. The van der Waals surface area contributed by atoms with Gasteiger partial charge in [0.15, 0.2) is 11.5 Å². The molecule has 2 aliphatic rings. The number of amides is 1. The van der Waals surface area contributed by atoms with Crippen LogP contribution in [0.1, 0.15) is 47.7 Å². The van der Waals surface area contributed by atoms with E-state index in [1.54, 1.807) is 24.1 Å². The van der Waals surface area contributed by atoms with Crippen LogP contribution < -0.4 is 9.47 Å². The average molecular weight is 519 g/mol. The molecule has 0 radical (unpaired) electrons. The summed E-state index contributed by atoms with van der Waals surface area (Å²) in [6, 6.07) is 17.7. The minimum atomic E-state index is -0.501. The van der Waals surface area contributed by atoms with Gasteiger partial charge in [0.05, 0.1) is 31.9 Å². The molecule has 3 aromatic carbocycles. The Morgan fingerprint density at radius 1 is 1.05 bits per heavy atom. The van der Waals surface area contributed by atoms with Crippen molar-refractivity contribution in [2.45, 2.75) is 58.0 Å². The number of ether oxygens (including phenoxy) is 2. The molecular weight excluding hydrogens is 483 g/mol. The topological polar surface area (TPSA) is 62.2 Å². The van der Waals surface area contributed by atoms with E-state index in [0.717, 1.165) is 22.3 Å². The molecule has 200 valence electrons. The van der Waals surface area contributed by atoms with Gasteiger partial charge in [-0.1, -0.05) is 42.5 Å². The van der Waals surface area contributed by atoms with Gasteiger partial charge in [-0.25, -0.2) is 4.39 Å². The van der Waals surface area contributed by atoms with Crippen LogP contribution in [0, 0.1) is 5.82 Å². The average Bonchev–Trinajstić information content (AvgIpc) is 2.92. The van der Waals surface area contributed by atoms with E-state index in [0.29, 0.717) is 49.5 Å². The predicted octanol–water partition coefficient (Wildman–Crippen LogP) is 4.67. The van der Waals surface area contributed by atoms with Gasteiger partial charge in [-0.15, -0.1) is 0 Å². The smallest absolute Gasteiger partial charge is 0.240 e. The molecule has 0 spiro atoms. The highest BCUT2D eigenvalue weighted by atomic mass is 19.1. The zero-order chi connectivity index (χ0) is 26.8. The summed E-state index contributed by atoms with van der Waals surface area (Å²) >= 11 is 0. The van der Waals surface area contributed by atoms with Gasteiger partial charge >= 0.3 is 0 Å². The van der Waals surface area contributed by atoms with Crippen molar-refractivity contribution in [1.29, 1.82) is 0 Å². The van der Waals surface area contributed by atoms with Crippen molar-refractivity contribution in [3.05, 3.63) is 94.3 Å². The van der Waals surface area contributed by atoms with E-state index < -0.39 is 12.1 Å². The SMILES string of the molecule is COc1cc2c(cc1OC(C)C)[C@@H](CO)N(C(=O)C1Cc3ccccc3CN1Cc1ccccc1F)CC2. The molecule has 6 nitrogen and oxygen atoms in total. The molecule has 0 bridgehead atoms. The van der Waals surface area contributed by atoms with Crippen LogP contribution in [0.15, 0.2) is 60.7 Å². The Morgan fingerprint density at radius 2 is 1.79 bits per heavy atom. The lowest BCUT2D eigenvalue weighted by Gasteiger charge is -2.43. The molecular formula is C31H35FN2O4. The van der Waals surface area contributed by atoms with Crippen LogP contribution in [0.5, 0.6) is 11.5 Å². The molecule has 3 aromatic rings. The summed E-state index contributed by atoms with van der Waals surface area (Å²) in [5, 5.41) is 10.5.